The summed E-state index contributed by atoms with van der Waals surface area (Å²) in [5, 5.41) is 0. The number of nitrogen functional groups attached to an aromatic ring is 1. The molecule has 1 aromatic rings. The van der Waals surface area contributed by atoms with Crippen molar-refractivity contribution in [1.82, 2.24) is 0 Å². The van der Waals surface area contributed by atoms with Gasteiger partial charge in [-0.15, -0.1) is 0 Å². The summed E-state index contributed by atoms with van der Waals surface area (Å²) >= 11 is 0. The summed E-state index contributed by atoms with van der Waals surface area (Å²) in [5.41, 5.74) is 9.24. The van der Waals surface area contributed by atoms with Gasteiger partial charge in [-0.05, 0) is 43.5 Å². The van der Waals surface area contributed by atoms with E-state index < -0.39 is 0 Å². The molecule has 24 heavy (non-hydrogen) atoms. The first-order chi connectivity index (χ1) is 11.6. The minimum atomic E-state index is 0.761. The molecule has 2 heteroatoms. The Morgan fingerprint density at radius 3 is 1.71 bits per heavy atom. The van der Waals surface area contributed by atoms with Gasteiger partial charge < -0.3 is 10.5 Å². The SMILES string of the molecule is CCCCCCCCCCCCCCOc1cc(C)c(C)cc1N. The number of nitrogens with two attached hydrogens (primary N) is 1. The van der Waals surface area contributed by atoms with Gasteiger partial charge in [-0.2, -0.15) is 0 Å². The summed E-state index contributed by atoms with van der Waals surface area (Å²) in [5.74, 6) is 0.848. The summed E-state index contributed by atoms with van der Waals surface area (Å²) in [6.45, 7) is 7.25. The fourth-order valence-electron chi connectivity index (χ4n) is 3.06. The van der Waals surface area contributed by atoms with E-state index in [1.807, 2.05) is 6.07 Å². The number of rotatable bonds is 14. The molecule has 0 aromatic heterocycles. The third kappa shape index (κ3) is 9.20. The molecule has 0 saturated carbocycles. The molecular formula is C22H39NO. The number of hydrogen-bond acceptors (Lipinski definition) is 2. The van der Waals surface area contributed by atoms with E-state index in [-0.39, 0.29) is 0 Å². The average molecular weight is 334 g/mol. The molecular weight excluding hydrogens is 294 g/mol. The molecule has 2 N–H and O–H groups in total. The molecule has 0 radical (unpaired) electrons. The predicted molar refractivity (Wildman–Crippen MR) is 107 cm³/mol. The molecule has 0 bridgehead atoms. The second kappa shape index (κ2) is 13.1. The van der Waals surface area contributed by atoms with Crippen LogP contribution in [-0.4, -0.2) is 6.61 Å². The van der Waals surface area contributed by atoms with Gasteiger partial charge in [-0.25, -0.2) is 0 Å². The van der Waals surface area contributed by atoms with E-state index in [4.69, 9.17) is 10.5 Å². The molecule has 1 rings (SSSR count). The molecule has 138 valence electrons. The van der Waals surface area contributed by atoms with E-state index in [2.05, 4.69) is 26.8 Å². The van der Waals surface area contributed by atoms with E-state index in [1.165, 1.54) is 81.8 Å². The molecule has 0 fully saturated rings. The van der Waals surface area contributed by atoms with Crippen LogP contribution in [0, 0.1) is 13.8 Å². The number of benzene rings is 1. The highest BCUT2D eigenvalue weighted by Gasteiger charge is 2.03. The smallest absolute Gasteiger partial charge is 0.142 e. The molecule has 0 unspecified atom stereocenters. The highest BCUT2D eigenvalue weighted by atomic mass is 16.5. The van der Waals surface area contributed by atoms with Crippen molar-refractivity contribution in [2.45, 2.75) is 97.8 Å². The maximum Gasteiger partial charge on any atom is 0.142 e. The van der Waals surface area contributed by atoms with E-state index >= 15 is 0 Å². The zero-order valence-electron chi connectivity index (χ0n) is 16.3. The van der Waals surface area contributed by atoms with Crippen molar-refractivity contribution < 1.29 is 4.74 Å². The molecule has 0 aliphatic carbocycles. The topological polar surface area (TPSA) is 35.2 Å². The molecule has 0 aliphatic heterocycles. The number of aryl methyl sites for hydroxylation is 2. The monoisotopic (exact) mass is 333 g/mol. The fraction of sp³-hybridized carbons (Fsp3) is 0.727. The van der Waals surface area contributed by atoms with Crippen molar-refractivity contribution in [3.8, 4) is 5.75 Å². The molecule has 1 aromatic carbocycles. The van der Waals surface area contributed by atoms with Crippen molar-refractivity contribution in [3.63, 3.8) is 0 Å². The van der Waals surface area contributed by atoms with Crippen molar-refractivity contribution in [2.24, 2.45) is 0 Å². The van der Waals surface area contributed by atoms with Gasteiger partial charge in [0.1, 0.15) is 5.75 Å². The van der Waals surface area contributed by atoms with Gasteiger partial charge in [0.2, 0.25) is 0 Å². The second-order valence-corrected chi connectivity index (χ2v) is 7.21. The molecule has 0 amide bonds. The van der Waals surface area contributed by atoms with Gasteiger partial charge in [0.15, 0.2) is 0 Å². The van der Waals surface area contributed by atoms with E-state index in [1.54, 1.807) is 0 Å². The van der Waals surface area contributed by atoms with Gasteiger partial charge in [0.05, 0.1) is 12.3 Å². The Balaban J connectivity index is 1.93. The Labute approximate surface area is 150 Å². The summed E-state index contributed by atoms with van der Waals surface area (Å²) in [6, 6.07) is 4.07. The Morgan fingerprint density at radius 2 is 1.17 bits per heavy atom. The Bertz CT molecular complexity index is 442. The maximum absolute atomic E-state index is 6.01. The van der Waals surface area contributed by atoms with Crippen LogP contribution in [0.15, 0.2) is 12.1 Å². The van der Waals surface area contributed by atoms with Crippen LogP contribution >= 0.6 is 0 Å². The largest absolute Gasteiger partial charge is 0.491 e. The number of anilines is 1. The van der Waals surface area contributed by atoms with Crippen LogP contribution in [0.1, 0.15) is 95.1 Å². The summed E-state index contributed by atoms with van der Waals surface area (Å²) in [4.78, 5) is 0. The van der Waals surface area contributed by atoms with Crippen molar-refractivity contribution in [3.05, 3.63) is 23.3 Å². The zero-order chi connectivity index (χ0) is 17.6. The quantitative estimate of drug-likeness (QED) is 0.295. The lowest BCUT2D eigenvalue weighted by molar-refractivity contribution is 0.305. The normalized spacial score (nSPS) is 11.0. The summed E-state index contributed by atoms with van der Waals surface area (Å²) < 4.78 is 5.84. The first kappa shape index (κ1) is 20.9. The minimum absolute atomic E-state index is 0.761. The van der Waals surface area contributed by atoms with Crippen LogP contribution < -0.4 is 10.5 Å². The third-order valence-electron chi connectivity index (χ3n) is 4.88. The lowest BCUT2D eigenvalue weighted by atomic mass is 10.1. The summed E-state index contributed by atoms with van der Waals surface area (Å²) in [7, 11) is 0. The number of unbranched alkanes of at least 4 members (excludes halogenated alkanes) is 11. The van der Waals surface area contributed by atoms with E-state index in [9.17, 15) is 0 Å². The second-order valence-electron chi connectivity index (χ2n) is 7.21. The van der Waals surface area contributed by atoms with Crippen LogP contribution in [-0.2, 0) is 0 Å². The minimum Gasteiger partial charge on any atom is -0.491 e. The van der Waals surface area contributed by atoms with Crippen molar-refractivity contribution >= 4 is 5.69 Å². The maximum atomic E-state index is 6.01. The van der Waals surface area contributed by atoms with Gasteiger partial charge >= 0.3 is 0 Å². The van der Waals surface area contributed by atoms with Gasteiger partial charge in [0.25, 0.3) is 0 Å². The Morgan fingerprint density at radius 1 is 0.708 bits per heavy atom. The number of hydrogen-bond donors (Lipinski definition) is 1. The molecule has 0 aliphatic rings. The molecule has 0 heterocycles. The molecule has 0 atom stereocenters. The lowest BCUT2D eigenvalue weighted by Crippen LogP contribution is -2.01. The first-order valence-electron chi connectivity index (χ1n) is 10.1. The summed E-state index contributed by atoms with van der Waals surface area (Å²) in [6.07, 6.45) is 16.4. The highest BCUT2D eigenvalue weighted by Crippen LogP contribution is 2.25. The van der Waals surface area contributed by atoms with Gasteiger partial charge in [-0.3, -0.25) is 0 Å². The molecule has 0 saturated heterocycles. The zero-order valence-corrected chi connectivity index (χ0v) is 16.3. The molecule has 2 nitrogen and oxygen atoms in total. The number of ether oxygens (including phenoxy) is 1. The van der Waals surface area contributed by atoms with Crippen LogP contribution in [0.5, 0.6) is 5.75 Å². The van der Waals surface area contributed by atoms with Crippen LogP contribution in [0.3, 0.4) is 0 Å². The Hall–Kier alpha value is -1.18. The van der Waals surface area contributed by atoms with Gasteiger partial charge in [0, 0.05) is 0 Å². The van der Waals surface area contributed by atoms with Crippen LogP contribution in [0.4, 0.5) is 5.69 Å². The first-order valence-corrected chi connectivity index (χ1v) is 10.1. The van der Waals surface area contributed by atoms with Crippen molar-refractivity contribution in [1.29, 1.82) is 0 Å². The highest BCUT2D eigenvalue weighted by molar-refractivity contribution is 5.56. The standard InChI is InChI=1S/C22H39NO/c1-4-5-6-7-8-9-10-11-12-13-14-15-16-24-22-18-20(3)19(2)17-21(22)23/h17-18H,4-16,23H2,1-3H3. The third-order valence-corrected chi connectivity index (χ3v) is 4.88. The van der Waals surface area contributed by atoms with E-state index in [0.717, 1.165) is 24.5 Å². The lowest BCUT2D eigenvalue weighted by Gasteiger charge is -2.11. The van der Waals surface area contributed by atoms with Crippen molar-refractivity contribution in [2.75, 3.05) is 12.3 Å². The average Bonchev–Trinajstić information content (AvgIpc) is 2.56. The van der Waals surface area contributed by atoms with Gasteiger partial charge in [-0.1, -0.05) is 77.6 Å². The predicted octanol–water partition coefficient (Wildman–Crippen LogP) is 6.97. The van der Waals surface area contributed by atoms with Crippen LogP contribution in [0.25, 0.3) is 0 Å². The van der Waals surface area contributed by atoms with Crippen LogP contribution in [0.2, 0.25) is 0 Å². The fourth-order valence-corrected chi connectivity index (χ4v) is 3.06. The van der Waals surface area contributed by atoms with E-state index in [0.29, 0.717) is 0 Å². The Kier molecular flexibility index (Phi) is 11.4. The molecule has 0 spiro atoms.